The standard InChI is InChI=1S/C15H18N4S/c1-3-17-14(13-4-5-16-9-11(13)2)8-12-10-19-6-7-20-15(19)18-12/h4-7,9-10,14,17H,3,8H2,1-2H3. The highest BCUT2D eigenvalue weighted by Gasteiger charge is 2.15. The number of rotatable bonds is 5. The van der Waals surface area contributed by atoms with E-state index < -0.39 is 0 Å². The molecular formula is C15H18N4S. The molecule has 0 spiro atoms. The molecule has 0 fully saturated rings. The third-order valence-corrected chi connectivity index (χ3v) is 4.22. The van der Waals surface area contributed by atoms with Crippen molar-refractivity contribution in [3.8, 4) is 0 Å². The van der Waals surface area contributed by atoms with Crippen molar-refractivity contribution >= 4 is 16.3 Å². The predicted molar refractivity (Wildman–Crippen MR) is 82.2 cm³/mol. The van der Waals surface area contributed by atoms with Crippen LogP contribution in [0, 0.1) is 6.92 Å². The summed E-state index contributed by atoms with van der Waals surface area (Å²) in [6.07, 6.45) is 8.85. The number of fused-ring (bicyclic) bond motifs is 1. The molecule has 104 valence electrons. The second-order valence-electron chi connectivity index (χ2n) is 4.87. The van der Waals surface area contributed by atoms with Crippen LogP contribution in [0.15, 0.2) is 36.2 Å². The number of hydrogen-bond donors (Lipinski definition) is 1. The minimum atomic E-state index is 0.285. The molecule has 4 nitrogen and oxygen atoms in total. The second-order valence-corrected chi connectivity index (χ2v) is 5.74. The molecule has 5 heteroatoms. The molecule has 3 heterocycles. The van der Waals surface area contributed by atoms with Crippen molar-refractivity contribution in [2.45, 2.75) is 26.3 Å². The number of aryl methyl sites for hydroxylation is 1. The molecule has 1 N–H and O–H groups in total. The van der Waals surface area contributed by atoms with Gasteiger partial charge in [-0.25, -0.2) is 4.98 Å². The highest BCUT2D eigenvalue weighted by atomic mass is 32.1. The first kappa shape index (κ1) is 13.3. The summed E-state index contributed by atoms with van der Waals surface area (Å²) in [6, 6.07) is 2.38. The Morgan fingerprint density at radius 1 is 1.45 bits per heavy atom. The van der Waals surface area contributed by atoms with Crippen LogP contribution in [0.3, 0.4) is 0 Å². The van der Waals surface area contributed by atoms with Gasteiger partial charge in [0.25, 0.3) is 0 Å². The van der Waals surface area contributed by atoms with E-state index in [0.717, 1.165) is 23.6 Å². The molecular weight excluding hydrogens is 268 g/mol. The summed E-state index contributed by atoms with van der Waals surface area (Å²) in [5, 5.41) is 5.61. The molecule has 0 saturated heterocycles. The SMILES string of the molecule is CCNC(Cc1cn2ccsc2n1)c1ccncc1C. The van der Waals surface area contributed by atoms with Gasteiger partial charge in [0.15, 0.2) is 4.96 Å². The molecule has 3 aromatic rings. The largest absolute Gasteiger partial charge is 0.310 e. The Labute approximate surface area is 122 Å². The molecule has 0 aliphatic rings. The number of imidazole rings is 1. The van der Waals surface area contributed by atoms with Crippen molar-refractivity contribution in [2.75, 3.05) is 6.54 Å². The van der Waals surface area contributed by atoms with E-state index in [-0.39, 0.29) is 6.04 Å². The van der Waals surface area contributed by atoms with Crippen molar-refractivity contribution in [1.82, 2.24) is 19.7 Å². The minimum absolute atomic E-state index is 0.285. The highest BCUT2D eigenvalue weighted by molar-refractivity contribution is 7.15. The fourth-order valence-corrected chi connectivity index (χ4v) is 3.22. The lowest BCUT2D eigenvalue weighted by Gasteiger charge is -2.19. The number of hydrogen-bond acceptors (Lipinski definition) is 4. The lowest BCUT2D eigenvalue weighted by molar-refractivity contribution is 0.542. The first-order valence-corrected chi connectivity index (χ1v) is 7.71. The third kappa shape index (κ3) is 2.59. The molecule has 0 aliphatic heterocycles. The second kappa shape index (κ2) is 5.73. The maximum absolute atomic E-state index is 4.68. The first-order valence-electron chi connectivity index (χ1n) is 6.83. The third-order valence-electron chi connectivity index (χ3n) is 3.45. The number of thiazole rings is 1. The van der Waals surface area contributed by atoms with Crippen LogP contribution in [0.2, 0.25) is 0 Å². The van der Waals surface area contributed by atoms with Crippen molar-refractivity contribution in [1.29, 1.82) is 0 Å². The average Bonchev–Trinajstić information content (AvgIpc) is 3.00. The van der Waals surface area contributed by atoms with Crippen molar-refractivity contribution in [2.24, 2.45) is 0 Å². The molecule has 20 heavy (non-hydrogen) atoms. The van der Waals surface area contributed by atoms with Gasteiger partial charge >= 0.3 is 0 Å². The van der Waals surface area contributed by atoms with E-state index in [2.05, 4.69) is 57.4 Å². The zero-order chi connectivity index (χ0) is 13.9. The van der Waals surface area contributed by atoms with E-state index in [4.69, 9.17) is 0 Å². The maximum atomic E-state index is 4.68. The van der Waals surface area contributed by atoms with Crippen LogP contribution in [0.4, 0.5) is 0 Å². The van der Waals surface area contributed by atoms with Crippen LogP contribution < -0.4 is 5.32 Å². The van der Waals surface area contributed by atoms with E-state index in [1.807, 2.05) is 12.4 Å². The average molecular weight is 286 g/mol. The van der Waals surface area contributed by atoms with Crippen LogP contribution in [-0.4, -0.2) is 20.9 Å². The number of likely N-dealkylation sites (N-methyl/N-ethyl adjacent to an activating group) is 1. The first-order chi connectivity index (χ1) is 9.78. The van der Waals surface area contributed by atoms with Gasteiger partial charge in [-0.2, -0.15) is 0 Å². The Hall–Kier alpha value is -1.72. The number of nitrogens with zero attached hydrogens (tertiary/aromatic N) is 3. The number of pyridine rings is 1. The summed E-state index contributed by atoms with van der Waals surface area (Å²) in [6.45, 7) is 5.18. The van der Waals surface area contributed by atoms with E-state index in [1.165, 1.54) is 11.1 Å². The van der Waals surface area contributed by atoms with Gasteiger partial charge in [-0.3, -0.25) is 9.38 Å². The Balaban J connectivity index is 1.87. The fourth-order valence-electron chi connectivity index (χ4n) is 2.50. The summed E-state index contributed by atoms with van der Waals surface area (Å²) in [5.41, 5.74) is 3.65. The van der Waals surface area contributed by atoms with E-state index >= 15 is 0 Å². The van der Waals surface area contributed by atoms with E-state index in [1.54, 1.807) is 11.3 Å². The predicted octanol–water partition coefficient (Wildman–Crippen LogP) is 2.99. The molecule has 0 amide bonds. The van der Waals surface area contributed by atoms with Crippen LogP contribution in [0.25, 0.3) is 4.96 Å². The van der Waals surface area contributed by atoms with Gasteiger partial charge in [0.1, 0.15) is 0 Å². The number of aromatic nitrogens is 3. The Morgan fingerprint density at radius 2 is 2.35 bits per heavy atom. The van der Waals surface area contributed by atoms with E-state index in [9.17, 15) is 0 Å². The number of nitrogens with one attached hydrogen (secondary N) is 1. The molecule has 1 unspecified atom stereocenters. The molecule has 0 aromatic carbocycles. The summed E-state index contributed by atoms with van der Waals surface area (Å²) in [5.74, 6) is 0. The lowest BCUT2D eigenvalue weighted by atomic mass is 9.99. The van der Waals surface area contributed by atoms with Gasteiger partial charge in [-0.15, -0.1) is 11.3 Å². The monoisotopic (exact) mass is 286 g/mol. The van der Waals surface area contributed by atoms with Crippen LogP contribution >= 0.6 is 11.3 Å². The topological polar surface area (TPSA) is 42.2 Å². The molecule has 3 rings (SSSR count). The van der Waals surface area contributed by atoms with Crippen molar-refractivity contribution in [3.05, 3.63) is 53.1 Å². The van der Waals surface area contributed by atoms with Gasteiger partial charge in [-0.1, -0.05) is 6.92 Å². The van der Waals surface area contributed by atoms with Gasteiger partial charge in [-0.05, 0) is 30.7 Å². The highest BCUT2D eigenvalue weighted by Crippen LogP contribution is 2.22. The summed E-state index contributed by atoms with van der Waals surface area (Å²) in [4.78, 5) is 9.91. The molecule has 0 aliphatic carbocycles. The quantitative estimate of drug-likeness (QED) is 0.784. The molecule has 3 aromatic heterocycles. The smallest absolute Gasteiger partial charge is 0.193 e. The lowest BCUT2D eigenvalue weighted by Crippen LogP contribution is -2.24. The zero-order valence-corrected chi connectivity index (χ0v) is 12.5. The Kier molecular flexibility index (Phi) is 3.80. The van der Waals surface area contributed by atoms with E-state index in [0.29, 0.717) is 0 Å². The fraction of sp³-hybridized carbons (Fsp3) is 0.333. The summed E-state index contributed by atoms with van der Waals surface area (Å²) in [7, 11) is 0. The van der Waals surface area contributed by atoms with Gasteiger partial charge in [0.05, 0.1) is 5.69 Å². The molecule has 0 bridgehead atoms. The maximum Gasteiger partial charge on any atom is 0.193 e. The van der Waals surface area contributed by atoms with Gasteiger partial charge in [0.2, 0.25) is 0 Å². The summed E-state index contributed by atoms with van der Waals surface area (Å²) < 4.78 is 2.09. The van der Waals surface area contributed by atoms with Crippen LogP contribution in [0.5, 0.6) is 0 Å². The Morgan fingerprint density at radius 3 is 3.10 bits per heavy atom. The van der Waals surface area contributed by atoms with Crippen LogP contribution in [0.1, 0.15) is 29.8 Å². The zero-order valence-electron chi connectivity index (χ0n) is 11.7. The normalized spacial score (nSPS) is 12.9. The molecule has 0 saturated carbocycles. The van der Waals surface area contributed by atoms with Crippen LogP contribution in [-0.2, 0) is 6.42 Å². The molecule has 0 radical (unpaired) electrons. The summed E-state index contributed by atoms with van der Waals surface area (Å²) >= 11 is 1.67. The molecule has 1 atom stereocenters. The minimum Gasteiger partial charge on any atom is -0.310 e. The van der Waals surface area contributed by atoms with Crippen molar-refractivity contribution < 1.29 is 0 Å². The Bertz CT molecular complexity index is 672. The van der Waals surface area contributed by atoms with Gasteiger partial charge in [0, 0.05) is 42.6 Å². The van der Waals surface area contributed by atoms with Crippen molar-refractivity contribution in [3.63, 3.8) is 0 Å². The van der Waals surface area contributed by atoms with Gasteiger partial charge < -0.3 is 5.32 Å².